The maximum atomic E-state index is 4.94. The molecule has 0 atom stereocenters. The molecule has 2 heterocycles. The van der Waals surface area contributed by atoms with Crippen LogP contribution < -0.4 is 10.2 Å². The number of piperazine rings is 1. The van der Waals surface area contributed by atoms with E-state index in [9.17, 15) is 0 Å². The third kappa shape index (κ3) is 3.62. The van der Waals surface area contributed by atoms with E-state index in [2.05, 4.69) is 74.3 Å². The molecule has 0 amide bonds. The molecule has 1 N–H and O–H groups in total. The van der Waals surface area contributed by atoms with Crippen molar-refractivity contribution in [2.75, 3.05) is 31.1 Å². The van der Waals surface area contributed by atoms with Crippen LogP contribution in [0.1, 0.15) is 50.7 Å². The van der Waals surface area contributed by atoms with E-state index in [0.717, 1.165) is 37.7 Å². The molecule has 1 aliphatic rings. The van der Waals surface area contributed by atoms with Crippen LogP contribution in [0.15, 0.2) is 36.4 Å². The zero-order chi connectivity index (χ0) is 17.1. The lowest BCUT2D eigenvalue weighted by atomic mass is 9.88. The van der Waals surface area contributed by atoms with Crippen LogP contribution in [0.4, 0.5) is 5.82 Å². The highest BCUT2D eigenvalue weighted by Crippen LogP contribution is 2.31. The molecule has 3 heteroatoms. The molecule has 1 aliphatic heterocycles. The molecule has 0 spiro atoms. The molecular formula is C21H29N3. The fourth-order valence-electron chi connectivity index (χ4n) is 3.41. The molecule has 3 nitrogen and oxygen atoms in total. The van der Waals surface area contributed by atoms with Gasteiger partial charge < -0.3 is 10.2 Å². The Kier molecular flexibility index (Phi) is 5.20. The lowest BCUT2D eigenvalue weighted by molar-refractivity contribution is 0.585. The molecule has 0 unspecified atom stereocenters. The number of pyridine rings is 1. The standard InChI is InChI=1S/C21H29N3/c1-15(2)18-9-8-17(14-19(18)16(3)4)20-6-5-7-21(23-20)24-12-10-22-11-13-24/h5-9,14-16,22H,10-13H2,1-4H3. The number of benzene rings is 1. The summed E-state index contributed by atoms with van der Waals surface area (Å²) in [6.45, 7) is 13.2. The first-order valence-electron chi connectivity index (χ1n) is 9.13. The quantitative estimate of drug-likeness (QED) is 0.903. The molecule has 1 aromatic heterocycles. The van der Waals surface area contributed by atoms with Crippen molar-refractivity contribution >= 4 is 5.82 Å². The van der Waals surface area contributed by atoms with Gasteiger partial charge in [0.2, 0.25) is 0 Å². The highest BCUT2D eigenvalue weighted by atomic mass is 15.2. The second-order valence-corrected chi connectivity index (χ2v) is 7.27. The van der Waals surface area contributed by atoms with Crippen molar-refractivity contribution in [3.8, 4) is 11.3 Å². The molecule has 0 saturated carbocycles. The van der Waals surface area contributed by atoms with Crippen molar-refractivity contribution in [3.63, 3.8) is 0 Å². The Bertz CT molecular complexity index is 685. The molecule has 128 valence electrons. The fourth-order valence-corrected chi connectivity index (χ4v) is 3.41. The summed E-state index contributed by atoms with van der Waals surface area (Å²) in [4.78, 5) is 7.31. The maximum absolute atomic E-state index is 4.94. The Hall–Kier alpha value is -1.87. The summed E-state index contributed by atoms with van der Waals surface area (Å²) in [6, 6.07) is 13.2. The number of hydrogen-bond donors (Lipinski definition) is 1. The fraction of sp³-hybridized carbons (Fsp3) is 0.476. The SMILES string of the molecule is CC(C)c1ccc(-c2cccc(N3CCNCC3)n2)cc1C(C)C. The lowest BCUT2D eigenvalue weighted by Gasteiger charge is -2.28. The van der Waals surface area contributed by atoms with Gasteiger partial charge in [-0.05, 0) is 41.2 Å². The molecule has 0 radical (unpaired) electrons. The smallest absolute Gasteiger partial charge is 0.129 e. The third-order valence-corrected chi connectivity index (χ3v) is 4.80. The molecule has 1 fully saturated rings. The van der Waals surface area contributed by atoms with Gasteiger partial charge in [-0.2, -0.15) is 0 Å². The summed E-state index contributed by atoms with van der Waals surface area (Å²) in [6.07, 6.45) is 0. The van der Waals surface area contributed by atoms with Crippen molar-refractivity contribution in [1.29, 1.82) is 0 Å². The van der Waals surface area contributed by atoms with Crippen LogP contribution in [0.5, 0.6) is 0 Å². The Morgan fingerprint density at radius 1 is 0.917 bits per heavy atom. The average Bonchev–Trinajstić information content (AvgIpc) is 2.62. The Balaban J connectivity index is 1.95. The normalized spacial score (nSPS) is 15.3. The van der Waals surface area contributed by atoms with Crippen molar-refractivity contribution < 1.29 is 0 Å². The van der Waals surface area contributed by atoms with Crippen molar-refractivity contribution in [1.82, 2.24) is 10.3 Å². The summed E-state index contributed by atoms with van der Waals surface area (Å²) in [5.74, 6) is 2.17. The Morgan fingerprint density at radius 3 is 2.29 bits per heavy atom. The van der Waals surface area contributed by atoms with Gasteiger partial charge in [0.1, 0.15) is 5.82 Å². The average molecular weight is 323 g/mol. The molecular weight excluding hydrogens is 294 g/mol. The van der Waals surface area contributed by atoms with Gasteiger partial charge in [-0.15, -0.1) is 0 Å². The van der Waals surface area contributed by atoms with Gasteiger partial charge in [-0.25, -0.2) is 4.98 Å². The van der Waals surface area contributed by atoms with Crippen LogP contribution in [-0.2, 0) is 0 Å². The lowest BCUT2D eigenvalue weighted by Crippen LogP contribution is -2.43. The first kappa shape index (κ1) is 17.0. The minimum absolute atomic E-state index is 0.527. The van der Waals surface area contributed by atoms with Gasteiger partial charge in [0.15, 0.2) is 0 Å². The minimum atomic E-state index is 0.527. The van der Waals surface area contributed by atoms with Crippen LogP contribution in [0, 0.1) is 0 Å². The molecule has 1 saturated heterocycles. The monoisotopic (exact) mass is 323 g/mol. The molecule has 3 rings (SSSR count). The van der Waals surface area contributed by atoms with E-state index in [-0.39, 0.29) is 0 Å². The number of hydrogen-bond acceptors (Lipinski definition) is 3. The second-order valence-electron chi connectivity index (χ2n) is 7.27. The zero-order valence-corrected chi connectivity index (χ0v) is 15.3. The van der Waals surface area contributed by atoms with Gasteiger partial charge in [-0.3, -0.25) is 0 Å². The Labute approximate surface area is 146 Å². The van der Waals surface area contributed by atoms with E-state index in [4.69, 9.17) is 4.98 Å². The number of rotatable bonds is 4. The Morgan fingerprint density at radius 2 is 1.62 bits per heavy atom. The zero-order valence-electron chi connectivity index (χ0n) is 15.3. The maximum Gasteiger partial charge on any atom is 0.129 e. The largest absolute Gasteiger partial charge is 0.354 e. The summed E-state index contributed by atoms with van der Waals surface area (Å²) in [5, 5.41) is 3.40. The van der Waals surface area contributed by atoms with E-state index in [1.165, 1.54) is 16.7 Å². The van der Waals surface area contributed by atoms with E-state index < -0.39 is 0 Å². The van der Waals surface area contributed by atoms with Crippen molar-refractivity contribution in [2.45, 2.75) is 39.5 Å². The third-order valence-electron chi connectivity index (χ3n) is 4.80. The summed E-state index contributed by atoms with van der Waals surface area (Å²) in [5.41, 5.74) is 5.19. The number of nitrogens with zero attached hydrogens (tertiary/aromatic N) is 2. The van der Waals surface area contributed by atoms with Crippen LogP contribution >= 0.6 is 0 Å². The molecule has 2 aromatic rings. The van der Waals surface area contributed by atoms with Gasteiger partial charge in [0.05, 0.1) is 5.69 Å². The van der Waals surface area contributed by atoms with Crippen molar-refractivity contribution in [3.05, 3.63) is 47.5 Å². The van der Waals surface area contributed by atoms with E-state index in [0.29, 0.717) is 11.8 Å². The van der Waals surface area contributed by atoms with Gasteiger partial charge in [0.25, 0.3) is 0 Å². The van der Waals surface area contributed by atoms with Gasteiger partial charge in [-0.1, -0.05) is 45.9 Å². The summed E-state index contributed by atoms with van der Waals surface area (Å²) < 4.78 is 0. The summed E-state index contributed by atoms with van der Waals surface area (Å²) >= 11 is 0. The topological polar surface area (TPSA) is 28.2 Å². The van der Waals surface area contributed by atoms with Crippen LogP contribution in [0.3, 0.4) is 0 Å². The number of aromatic nitrogens is 1. The number of anilines is 1. The highest BCUT2D eigenvalue weighted by Gasteiger charge is 2.14. The second kappa shape index (κ2) is 7.35. The number of nitrogens with one attached hydrogen (secondary N) is 1. The van der Waals surface area contributed by atoms with E-state index in [1.54, 1.807) is 0 Å². The van der Waals surface area contributed by atoms with E-state index >= 15 is 0 Å². The molecule has 24 heavy (non-hydrogen) atoms. The van der Waals surface area contributed by atoms with Crippen LogP contribution in [-0.4, -0.2) is 31.2 Å². The highest BCUT2D eigenvalue weighted by molar-refractivity contribution is 5.64. The van der Waals surface area contributed by atoms with Crippen LogP contribution in [0.2, 0.25) is 0 Å². The first-order chi connectivity index (χ1) is 11.6. The van der Waals surface area contributed by atoms with Crippen LogP contribution in [0.25, 0.3) is 11.3 Å². The van der Waals surface area contributed by atoms with Gasteiger partial charge >= 0.3 is 0 Å². The first-order valence-corrected chi connectivity index (χ1v) is 9.13. The predicted octanol–water partition coefficient (Wildman–Crippen LogP) is 4.41. The summed E-state index contributed by atoms with van der Waals surface area (Å²) in [7, 11) is 0. The predicted molar refractivity (Wildman–Crippen MR) is 103 cm³/mol. The van der Waals surface area contributed by atoms with E-state index in [1.807, 2.05) is 0 Å². The molecule has 0 bridgehead atoms. The minimum Gasteiger partial charge on any atom is -0.354 e. The van der Waals surface area contributed by atoms with Crippen molar-refractivity contribution in [2.24, 2.45) is 0 Å². The molecule has 1 aromatic carbocycles. The van der Waals surface area contributed by atoms with Gasteiger partial charge in [0, 0.05) is 31.7 Å². The molecule has 0 aliphatic carbocycles.